The molecule has 0 atom stereocenters. The Kier molecular flexibility index (Phi) is 3.84. The van der Waals surface area contributed by atoms with E-state index in [1.165, 1.54) is 0 Å². The number of fused-ring (bicyclic) bond motifs is 1. The second-order valence-electron chi connectivity index (χ2n) is 4.77. The summed E-state index contributed by atoms with van der Waals surface area (Å²) in [7, 11) is 0. The lowest BCUT2D eigenvalue weighted by Gasteiger charge is -2.08. The number of nitrogens with zero attached hydrogens (tertiary/aromatic N) is 3. The SMILES string of the molecule is CCCn1ncc(Br)c1C(=O)c1ccnc2ccccc12. The number of carbonyl (C=O) groups is 1. The van der Waals surface area contributed by atoms with Crippen LogP contribution in [0.2, 0.25) is 0 Å². The fourth-order valence-electron chi connectivity index (χ4n) is 2.39. The lowest BCUT2D eigenvalue weighted by Crippen LogP contribution is -2.12. The van der Waals surface area contributed by atoms with E-state index in [1.807, 2.05) is 24.3 Å². The summed E-state index contributed by atoms with van der Waals surface area (Å²) < 4.78 is 2.48. The first-order valence-corrected chi connectivity index (χ1v) is 7.61. The van der Waals surface area contributed by atoms with Crippen LogP contribution in [0.4, 0.5) is 0 Å². The molecule has 0 aliphatic rings. The molecule has 3 rings (SSSR count). The van der Waals surface area contributed by atoms with Gasteiger partial charge in [0, 0.05) is 23.7 Å². The van der Waals surface area contributed by atoms with Crippen LogP contribution in [-0.2, 0) is 6.54 Å². The van der Waals surface area contributed by atoms with Gasteiger partial charge in [-0.2, -0.15) is 5.10 Å². The van der Waals surface area contributed by atoms with Crippen LogP contribution in [0.25, 0.3) is 10.9 Å². The highest BCUT2D eigenvalue weighted by Crippen LogP contribution is 2.24. The molecule has 0 aliphatic carbocycles. The minimum absolute atomic E-state index is 0.0357. The van der Waals surface area contributed by atoms with Gasteiger partial charge in [0.1, 0.15) is 5.69 Å². The van der Waals surface area contributed by atoms with Crippen LogP contribution in [0.15, 0.2) is 47.2 Å². The topological polar surface area (TPSA) is 47.8 Å². The maximum absolute atomic E-state index is 12.9. The van der Waals surface area contributed by atoms with Gasteiger partial charge in [0.2, 0.25) is 5.78 Å². The molecule has 0 saturated carbocycles. The molecule has 0 bridgehead atoms. The van der Waals surface area contributed by atoms with E-state index in [1.54, 1.807) is 23.1 Å². The highest BCUT2D eigenvalue weighted by molar-refractivity contribution is 9.10. The van der Waals surface area contributed by atoms with Crippen LogP contribution in [0.3, 0.4) is 0 Å². The molecule has 21 heavy (non-hydrogen) atoms. The summed E-state index contributed by atoms with van der Waals surface area (Å²) in [5.41, 5.74) is 2.06. The summed E-state index contributed by atoms with van der Waals surface area (Å²) in [5.74, 6) is -0.0357. The summed E-state index contributed by atoms with van der Waals surface area (Å²) in [4.78, 5) is 17.2. The lowest BCUT2D eigenvalue weighted by molar-refractivity contribution is 0.102. The first-order valence-electron chi connectivity index (χ1n) is 6.82. The molecule has 0 spiro atoms. The number of halogens is 1. The molecule has 4 nitrogen and oxygen atoms in total. The van der Waals surface area contributed by atoms with Crippen molar-refractivity contribution in [2.45, 2.75) is 19.9 Å². The van der Waals surface area contributed by atoms with Gasteiger partial charge in [-0.3, -0.25) is 14.5 Å². The van der Waals surface area contributed by atoms with Crippen molar-refractivity contribution < 1.29 is 4.79 Å². The molecule has 2 heterocycles. The van der Waals surface area contributed by atoms with Crippen LogP contribution in [-0.4, -0.2) is 20.5 Å². The van der Waals surface area contributed by atoms with E-state index in [2.05, 4.69) is 32.9 Å². The van der Waals surface area contributed by atoms with Crippen LogP contribution in [0.5, 0.6) is 0 Å². The quantitative estimate of drug-likeness (QED) is 0.676. The van der Waals surface area contributed by atoms with Crippen molar-refractivity contribution in [2.75, 3.05) is 0 Å². The van der Waals surface area contributed by atoms with Crippen LogP contribution >= 0.6 is 15.9 Å². The Morgan fingerprint density at radius 2 is 2.10 bits per heavy atom. The number of aryl methyl sites for hydroxylation is 1. The highest BCUT2D eigenvalue weighted by atomic mass is 79.9. The van der Waals surface area contributed by atoms with Crippen molar-refractivity contribution in [3.05, 3.63) is 58.5 Å². The van der Waals surface area contributed by atoms with Crippen molar-refractivity contribution in [3.8, 4) is 0 Å². The standard InChI is InChI=1S/C16H14BrN3O/c1-2-9-20-15(13(17)10-19-20)16(21)12-7-8-18-14-6-4-3-5-11(12)14/h3-8,10H,2,9H2,1H3. The number of rotatable bonds is 4. The zero-order chi connectivity index (χ0) is 14.8. The van der Waals surface area contributed by atoms with E-state index in [0.717, 1.165) is 28.3 Å². The molecule has 0 fully saturated rings. The first kappa shape index (κ1) is 13.9. The molecule has 0 aliphatic heterocycles. The average Bonchev–Trinajstić information content (AvgIpc) is 2.87. The third-order valence-corrected chi connectivity index (χ3v) is 3.92. The molecule has 0 radical (unpaired) electrons. The van der Waals surface area contributed by atoms with E-state index in [9.17, 15) is 4.79 Å². The zero-order valence-electron chi connectivity index (χ0n) is 11.6. The zero-order valence-corrected chi connectivity index (χ0v) is 13.2. The average molecular weight is 344 g/mol. The Labute approximate surface area is 130 Å². The molecule has 2 aromatic heterocycles. The van der Waals surface area contributed by atoms with Crippen molar-refractivity contribution in [1.82, 2.24) is 14.8 Å². The fraction of sp³-hybridized carbons (Fsp3) is 0.188. The number of carbonyl (C=O) groups excluding carboxylic acids is 1. The summed E-state index contributed by atoms with van der Waals surface area (Å²) >= 11 is 3.43. The van der Waals surface area contributed by atoms with Gasteiger partial charge in [0.05, 0.1) is 16.2 Å². The number of hydrogen-bond acceptors (Lipinski definition) is 3. The summed E-state index contributed by atoms with van der Waals surface area (Å²) in [6.45, 7) is 2.78. The van der Waals surface area contributed by atoms with Gasteiger partial charge in [-0.05, 0) is 34.5 Å². The van der Waals surface area contributed by atoms with Gasteiger partial charge in [0.15, 0.2) is 0 Å². The van der Waals surface area contributed by atoms with Crippen LogP contribution < -0.4 is 0 Å². The second-order valence-corrected chi connectivity index (χ2v) is 5.62. The maximum Gasteiger partial charge on any atom is 0.212 e. The van der Waals surface area contributed by atoms with Gasteiger partial charge in [-0.1, -0.05) is 25.1 Å². The fourth-order valence-corrected chi connectivity index (χ4v) is 2.87. The van der Waals surface area contributed by atoms with E-state index in [-0.39, 0.29) is 5.78 Å². The Morgan fingerprint density at radius 1 is 1.29 bits per heavy atom. The van der Waals surface area contributed by atoms with E-state index in [4.69, 9.17) is 0 Å². The molecule has 1 aromatic carbocycles. The van der Waals surface area contributed by atoms with Crippen LogP contribution in [0.1, 0.15) is 29.4 Å². The summed E-state index contributed by atoms with van der Waals surface area (Å²) in [6, 6.07) is 9.43. The second kappa shape index (κ2) is 5.77. The van der Waals surface area contributed by atoms with Crippen LogP contribution in [0, 0.1) is 0 Å². The lowest BCUT2D eigenvalue weighted by atomic mass is 10.0. The Hall–Kier alpha value is -2.01. The number of para-hydroxylation sites is 1. The number of hydrogen-bond donors (Lipinski definition) is 0. The highest BCUT2D eigenvalue weighted by Gasteiger charge is 2.20. The van der Waals surface area contributed by atoms with E-state index in [0.29, 0.717) is 11.3 Å². The van der Waals surface area contributed by atoms with Crippen molar-refractivity contribution in [1.29, 1.82) is 0 Å². The maximum atomic E-state index is 12.9. The van der Waals surface area contributed by atoms with Gasteiger partial charge < -0.3 is 0 Å². The van der Waals surface area contributed by atoms with E-state index >= 15 is 0 Å². The predicted octanol–water partition coefficient (Wildman–Crippen LogP) is 3.83. The Morgan fingerprint density at radius 3 is 2.90 bits per heavy atom. The predicted molar refractivity (Wildman–Crippen MR) is 85.4 cm³/mol. The smallest absolute Gasteiger partial charge is 0.212 e. The summed E-state index contributed by atoms with van der Waals surface area (Å²) in [5, 5.41) is 5.13. The normalized spacial score (nSPS) is 11.0. The van der Waals surface area contributed by atoms with Gasteiger partial charge >= 0.3 is 0 Å². The molecule has 0 saturated heterocycles. The molecular formula is C16H14BrN3O. The third kappa shape index (κ3) is 2.49. The molecule has 106 valence electrons. The van der Waals surface area contributed by atoms with Crippen molar-refractivity contribution >= 4 is 32.6 Å². The molecule has 5 heteroatoms. The van der Waals surface area contributed by atoms with Gasteiger partial charge in [-0.25, -0.2) is 0 Å². The molecular weight excluding hydrogens is 330 g/mol. The molecule has 3 aromatic rings. The van der Waals surface area contributed by atoms with Gasteiger partial charge in [-0.15, -0.1) is 0 Å². The largest absolute Gasteiger partial charge is 0.287 e. The van der Waals surface area contributed by atoms with Crippen molar-refractivity contribution in [2.24, 2.45) is 0 Å². The number of ketones is 1. The Balaban J connectivity index is 2.15. The monoisotopic (exact) mass is 343 g/mol. The third-order valence-electron chi connectivity index (χ3n) is 3.34. The summed E-state index contributed by atoms with van der Waals surface area (Å²) in [6.07, 6.45) is 4.27. The number of benzene rings is 1. The number of pyridine rings is 1. The minimum Gasteiger partial charge on any atom is -0.287 e. The Bertz CT molecular complexity index is 805. The first-order chi connectivity index (χ1) is 10.2. The van der Waals surface area contributed by atoms with Gasteiger partial charge in [0.25, 0.3) is 0 Å². The van der Waals surface area contributed by atoms with Crippen molar-refractivity contribution in [3.63, 3.8) is 0 Å². The number of aromatic nitrogens is 3. The molecule has 0 unspecified atom stereocenters. The minimum atomic E-state index is -0.0357. The van der Waals surface area contributed by atoms with E-state index < -0.39 is 0 Å². The molecule has 0 N–H and O–H groups in total. The molecule has 0 amide bonds.